The first-order valence-electron chi connectivity index (χ1n) is 11.1. The number of piperidine rings is 1. The molecule has 1 aliphatic rings. The SMILES string of the molecule is Cc1c(-c2cc(OC(CO)c3ncc(F)cc3F)n3c(C#N)cnc3c2)nnn1C1CCNCC1. The van der Waals surface area contributed by atoms with Gasteiger partial charge in [-0.25, -0.2) is 18.4 Å². The van der Waals surface area contributed by atoms with Crippen LogP contribution in [-0.2, 0) is 0 Å². The fourth-order valence-corrected chi connectivity index (χ4v) is 4.37. The Morgan fingerprint density at radius 1 is 1.23 bits per heavy atom. The summed E-state index contributed by atoms with van der Waals surface area (Å²) in [5.41, 5.74) is 2.42. The number of rotatable bonds is 6. The molecule has 0 aliphatic carbocycles. The monoisotopic (exact) mass is 480 g/mol. The second-order valence-electron chi connectivity index (χ2n) is 8.29. The quantitative estimate of drug-likeness (QED) is 0.431. The van der Waals surface area contributed by atoms with E-state index < -0.39 is 24.3 Å². The normalized spacial score (nSPS) is 15.3. The van der Waals surface area contributed by atoms with Gasteiger partial charge in [0.1, 0.15) is 34.6 Å². The number of nitrogens with one attached hydrogen (secondary N) is 1. The van der Waals surface area contributed by atoms with E-state index in [1.165, 1.54) is 10.6 Å². The molecule has 1 fully saturated rings. The van der Waals surface area contributed by atoms with Crippen LogP contribution in [0, 0.1) is 29.9 Å². The molecule has 180 valence electrons. The topological polar surface area (TPSA) is 126 Å². The van der Waals surface area contributed by atoms with Gasteiger partial charge in [0.2, 0.25) is 5.88 Å². The maximum Gasteiger partial charge on any atom is 0.201 e. The number of aromatic nitrogens is 6. The van der Waals surface area contributed by atoms with Gasteiger partial charge < -0.3 is 15.2 Å². The number of hydrogen-bond donors (Lipinski definition) is 2. The Morgan fingerprint density at radius 3 is 2.74 bits per heavy atom. The van der Waals surface area contributed by atoms with Crippen LogP contribution in [0.5, 0.6) is 5.88 Å². The fourth-order valence-electron chi connectivity index (χ4n) is 4.37. The van der Waals surface area contributed by atoms with Crippen LogP contribution in [0.2, 0.25) is 0 Å². The third-order valence-corrected chi connectivity index (χ3v) is 6.11. The molecule has 0 bridgehead atoms. The highest BCUT2D eigenvalue weighted by Gasteiger charge is 2.24. The van der Waals surface area contributed by atoms with Crippen molar-refractivity contribution in [2.45, 2.75) is 31.9 Å². The molecule has 1 aliphatic heterocycles. The van der Waals surface area contributed by atoms with Crippen molar-refractivity contribution in [2.75, 3.05) is 19.7 Å². The largest absolute Gasteiger partial charge is 0.466 e. The zero-order chi connectivity index (χ0) is 24.5. The molecule has 0 radical (unpaired) electrons. The highest BCUT2D eigenvalue weighted by atomic mass is 19.1. The Bertz CT molecular complexity index is 1420. The van der Waals surface area contributed by atoms with Crippen molar-refractivity contribution in [3.63, 3.8) is 0 Å². The van der Waals surface area contributed by atoms with E-state index in [0.717, 1.165) is 37.8 Å². The van der Waals surface area contributed by atoms with Crippen LogP contribution in [-0.4, -0.2) is 54.2 Å². The Labute approximate surface area is 198 Å². The highest BCUT2D eigenvalue weighted by Crippen LogP contribution is 2.32. The fraction of sp³-hybridized carbons (Fsp3) is 0.348. The Hall–Kier alpha value is -3.95. The summed E-state index contributed by atoms with van der Waals surface area (Å²) in [7, 11) is 0. The number of nitrogens with zero attached hydrogens (tertiary/aromatic N) is 7. The molecule has 0 spiro atoms. The zero-order valence-corrected chi connectivity index (χ0v) is 18.8. The number of pyridine rings is 2. The average molecular weight is 480 g/mol. The van der Waals surface area contributed by atoms with Crippen LogP contribution < -0.4 is 10.1 Å². The van der Waals surface area contributed by atoms with E-state index in [4.69, 9.17) is 4.74 Å². The van der Waals surface area contributed by atoms with E-state index in [2.05, 4.69) is 25.6 Å². The van der Waals surface area contributed by atoms with Crippen molar-refractivity contribution in [1.29, 1.82) is 5.26 Å². The molecule has 1 saturated heterocycles. The third-order valence-electron chi connectivity index (χ3n) is 6.11. The molecular formula is C23H22F2N8O2. The molecule has 0 amide bonds. The summed E-state index contributed by atoms with van der Waals surface area (Å²) < 4.78 is 37.0. The molecule has 4 aromatic rings. The van der Waals surface area contributed by atoms with Gasteiger partial charge in [0.05, 0.1) is 30.7 Å². The highest BCUT2D eigenvalue weighted by molar-refractivity contribution is 5.68. The lowest BCUT2D eigenvalue weighted by Crippen LogP contribution is -2.30. The number of nitriles is 1. The van der Waals surface area contributed by atoms with Crippen molar-refractivity contribution in [1.82, 2.24) is 34.7 Å². The van der Waals surface area contributed by atoms with E-state index in [9.17, 15) is 19.1 Å². The first-order valence-corrected chi connectivity index (χ1v) is 11.1. The summed E-state index contributed by atoms with van der Waals surface area (Å²) in [4.78, 5) is 8.04. The molecule has 0 aromatic carbocycles. The van der Waals surface area contributed by atoms with Crippen molar-refractivity contribution >= 4 is 5.65 Å². The van der Waals surface area contributed by atoms with Crippen LogP contribution >= 0.6 is 0 Å². The Morgan fingerprint density at radius 2 is 2.03 bits per heavy atom. The molecule has 35 heavy (non-hydrogen) atoms. The van der Waals surface area contributed by atoms with Gasteiger partial charge in [-0.3, -0.25) is 9.38 Å². The Kier molecular flexibility index (Phi) is 6.10. The lowest BCUT2D eigenvalue weighted by atomic mass is 10.1. The molecule has 12 heteroatoms. The standard InChI is InChI=1S/C23H22F2N8O2/c1-13-22(30-31-33(13)16-2-4-27-5-3-16)14-6-20-28-11-17(9-26)32(20)21(7-14)35-19(12-34)23-18(25)8-15(24)10-29-23/h6-8,10-11,16,19,27,34H,2-5,12H2,1H3. The maximum atomic E-state index is 14.4. The molecule has 4 aromatic heterocycles. The van der Waals surface area contributed by atoms with E-state index in [0.29, 0.717) is 23.0 Å². The van der Waals surface area contributed by atoms with Crippen LogP contribution in [0.1, 0.15) is 42.1 Å². The van der Waals surface area contributed by atoms with Crippen LogP contribution in [0.3, 0.4) is 0 Å². The number of aliphatic hydroxyl groups excluding tert-OH is 1. The van der Waals surface area contributed by atoms with Gasteiger partial charge in [-0.1, -0.05) is 5.21 Å². The minimum absolute atomic E-state index is 0.118. The average Bonchev–Trinajstić information content (AvgIpc) is 3.46. The molecule has 1 unspecified atom stereocenters. The third kappa shape index (κ3) is 4.20. The van der Waals surface area contributed by atoms with Crippen molar-refractivity contribution < 1.29 is 18.6 Å². The first kappa shape index (κ1) is 22.8. The minimum atomic E-state index is -1.26. The summed E-state index contributed by atoms with van der Waals surface area (Å²) in [6.45, 7) is 3.11. The number of hydrogen-bond acceptors (Lipinski definition) is 8. The summed E-state index contributed by atoms with van der Waals surface area (Å²) in [5, 5.41) is 31.6. The lowest BCUT2D eigenvalue weighted by molar-refractivity contribution is 0.104. The number of fused-ring (bicyclic) bond motifs is 1. The van der Waals surface area contributed by atoms with E-state index in [1.54, 1.807) is 12.1 Å². The van der Waals surface area contributed by atoms with Gasteiger partial charge in [0, 0.05) is 17.7 Å². The number of ether oxygens (including phenoxy) is 1. The predicted octanol–water partition coefficient (Wildman–Crippen LogP) is 2.48. The predicted molar refractivity (Wildman–Crippen MR) is 119 cm³/mol. The van der Waals surface area contributed by atoms with E-state index in [1.807, 2.05) is 17.7 Å². The van der Waals surface area contributed by atoms with Crippen molar-refractivity contribution in [2.24, 2.45) is 0 Å². The zero-order valence-electron chi connectivity index (χ0n) is 18.8. The van der Waals surface area contributed by atoms with Gasteiger partial charge in [-0.2, -0.15) is 5.26 Å². The van der Waals surface area contributed by atoms with Gasteiger partial charge in [0.15, 0.2) is 11.9 Å². The first-order chi connectivity index (χ1) is 17.0. The number of imidazole rings is 1. The molecular weight excluding hydrogens is 458 g/mol. The summed E-state index contributed by atoms with van der Waals surface area (Å²) >= 11 is 0. The summed E-state index contributed by atoms with van der Waals surface area (Å²) in [6.07, 6.45) is 2.86. The van der Waals surface area contributed by atoms with Crippen molar-refractivity contribution in [3.8, 4) is 23.2 Å². The minimum Gasteiger partial charge on any atom is -0.466 e. The maximum absolute atomic E-state index is 14.4. The Balaban J connectivity index is 1.58. The number of halogens is 2. The van der Waals surface area contributed by atoms with Gasteiger partial charge >= 0.3 is 0 Å². The molecule has 10 nitrogen and oxygen atoms in total. The van der Waals surface area contributed by atoms with E-state index in [-0.39, 0.29) is 23.3 Å². The van der Waals surface area contributed by atoms with E-state index >= 15 is 0 Å². The molecule has 1 atom stereocenters. The summed E-state index contributed by atoms with van der Waals surface area (Å²) in [5.74, 6) is -1.68. The second-order valence-corrected chi connectivity index (χ2v) is 8.29. The van der Waals surface area contributed by atoms with Crippen LogP contribution in [0.15, 0.2) is 30.6 Å². The number of aliphatic hydroxyl groups is 1. The summed E-state index contributed by atoms with van der Waals surface area (Å²) in [6, 6.07) is 6.32. The lowest BCUT2D eigenvalue weighted by Gasteiger charge is -2.23. The van der Waals surface area contributed by atoms with Gasteiger partial charge in [-0.05, 0) is 38.9 Å². The van der Waals surface area contributed by atoms with Gasteiger partial charge in [0.25, 0.3) is 0 Å². The smallest absolute Gasteiger partial charge is 0.201 e. The van der Waals surface area contributed by atoms with Crippen molar-refractivity contribution in [3.05, 3.63) is 59.3 Å². The molecule has 5 heterocycles. The second kappa shape index (κ2) is 9.36. The molecule has 5 rings (SSSR count). The van der Waals surface area contributed by atoms with Gasteiger partial charge in [-0.15, -0.1) is 5.10 Å². The molecule has 0 saturated carbocycles. The van der Waals surface area contributed by atoms with Crippen LogP contribution in [0.25, 0.3) is 16.9 Å². The molecule has 2 N–H and O–H groups in total. The van der Waals surface area contributed by atoms with Crippen LogP contribution in [0.4, 0.5) is 8.78 Å².